The molecule has 4 heteroatoms. The van der Waals surface area contributed by atoms with Crippen molar-refractivity contribution in [3.63, 3.8) is 0 Å². The Morgan fingerprint density at radius 1 is 1.53 bits per heavy atom. The standard InChI is InChI=1S/C13H16O4/c1-3-13(2,15)8-17-9-4-5-10-11(14)7-16-12(10)6-9/h4-6,15H,3,7-8H2,1-2H3. The minimum absolute atomic E-state index is 0.00731. The van der Waals surface area contributed by atoms with Gasteiger partial charge in [-0.05, 0) is 25.5 Å². The van der Waals surface area contributed by atoms with Gasteiger partial charge in [-0.1, -0.05) is 6.92 Å². The molecule has 0 aliphatic carbocycles. The first-order valence-corrected chi connectivity index (χ1v) is 5.67. The summed E-state index contributed by atoms with van der Waals surface area (Å²) >= 11 is 0. The van der Waals surface area contributed by atoms with Crippen molar-refractivity contribution in [1.82, 2.24) is 0 Å². The molecule has 0 radical (unpaired) electrons. The van der Waals surface area contributed by atoms with Crippen molar-refractivity contribution in [2.75, 3.05) is 13.2 Å². The van der Waals surface area contributed by atoms with Gasteiger partial charge in [0.15, 0.2) is 6.61 Å². The molecule has 2 rings (SSSR count). The van der Waals surface area contributed by atoms with Gasteiger partial charge >= 0.3 is 0 Å². The van der Waals surface area contributed by atoms with Gasteiger partial charge in [-0.15, -0.1) is 0 Å². The van der Waals surface area contributed by atoms with Gasteiger partial charge in [-0.25, -0.2) is 0 Å². The zero-order valence-corrected chi connectivity index (χ0v) is 10.0. The summed E-state index contributed by atoms with van der Waals surface area (Å²) in [7, 11) is 0. The van der Waals surface area contributed by atoms with E-state index >= 15 is 0 Å². The average molecular weight is 236 g/mol. The Balaban J connectivity index is 2.07. The molecule has 0 bridgehead atoms. The lowest BCUT2D eigenvalue weighted by atomic mass is 10.1. The lowest BCUT2D eigenvalue weighted by molar-refractivity contribution is 0.00841. The maximum Gasteiger partial charge on any atom is 0.203 e. The van der Waals surface area contributed by atoms with Crippen LogP contribution in [0.15, 0.2) is 18.2 Å². The summed E-state index contributed by atoms with van der Waals surface area (Å²) in [6.07, 6.45) is 0.618. The summed E-state index contributed by atoms with van der Waals surface area (Å²) in [5, 5.41) is 9.81. The molecule has 17 heavy (non-hydrogen) atoms. The van der Waals surface area contributed by atoms with E-state index in [1.54, 1.807) is 25.1 Å². The average Bonchev–Trinajstić information content (AvgIpc) is 2.68. The second-order valence-corrected chi connectivity index (χ2v) is 4.51. The molecule has 1 aromatic rings. The maximum absolute atomic E-state index is 11.3. The topological polar surface area (TPSA) is 55.8 Å². The Hall–Kier alpha value is -1.55. The van der Waals surface area contributed by atoms with E-state index in [1.165, 1.54) is 0 Å². The monoisotopic (exact) mass is 236 g/mol. The zero-order chi connectivity index (χ0) is 12.5. The fourth-order valence-corrected chi connectivity index (χ4v) is 1.50. The number of hydrogen-bond acceptors (Lipinski definition) is 4. The first kappa shape index (κ1) is 11.9. The van der Waals surface area contributed by atoms with Gasteiger partial charge < -0.3 is 14.6 Å². The van der Waals surface area contributed by atoms with Crippen LogP contribution in [-0.4, -0.2) is 29.7 Å². The molecule has 1 heterocycles. The van der Waals surface area contributed by atoms with Crippen LogP contribution in [0.2, 0.25) is 0 Å². The Morgan fingerprint density at radius 2 is 2.29 bits per heavy atom. The molecule has 0 fully saturated rings. The molecule has 1 aliphatic heterocycles. The summed E-state index contributed by atoms with van der Waals surface area (Å²) in [4.78, 5) is 11.3. The smallest absolute Gasteiger partial charge is 0.203 e. The number of Topliss-reactive ketones (excluding diaryl/α,β-unsaturated/α-hetero) is 1. The molecular formula is C13H16O4. The third-order valence-corrected chi connectivity index (χ3v) is 2.92. The van der Waals surface area contributed by atoms with Crippen LogP contribution in [0, 0.1) is 0 Å². The SMILES string of the molecule is CCC(C)(O)COc1ccc2c(c1)OCC2=O. The minimum atomic E-state index is -0.838. The van der Waals surface area contributed by atoms with Crippen LogP contribution in [0.25, 0.3) is 0 Å². The van der Waals surface area contributed by atoms with Crippen LogP contribution < -0.4 is 9.47 Å². The Morgan fingerprint density at radius 3 is 3.00 bits per heavy atom. The third kappa shape index (κ3) is 2.58. The van der Waals surface area contributed by atoms with Crippen molar-refractivity contribution in [3.8, 4) is 11.5 Å². The molecule has 1 N–H and O–H groups in total. The molecule has 0 saturated heterocycles. The van der Waals surface area contributed by atoms with E-state index in [9.17, 15) is 9.90 Å². The number of rotatable bonds is 4. The highest BCUT2D eigenvalue weighted by Gasteiger charge is 2.22. The van der Waals surface area contributed by atoms with Gasteiger partial charge in [0.05, 0.1) is 11.2 Å². The van der Waals surface area contributed by atoms with E-state index in [4.69, 9.17) is 9.47 Å². The molecule has 4 nitrogen and oxygen atoms in total. The molecule has 0 spiro atoms. The van der Waals surface area contributed by atoms with Crippen molar-refractivity contribution >= 4 is 5.78 Å². The zero-order valence-electron chi connectivity index (χ0n) is 10.0. The van der Waals surface area contributed by atoms with Gasteiger partial charge in [0.1, 0.15) is 18.1 Å². The van der Waals surface area contributed by atoms with E-state index < -0.39 is 5.60 Å². The van der Waals surface area contributed by atoms with Gasteiger partial charge in [-0.2, -0.15) is 0 Å². The highest BCUT2D eigenvalue weighted by Crippen LogP contribution is 2.29. The molecular weight excluding hydrogens is 220 g/mol. The van der Waals surface area contributed by atoms with Gasteiger partial charge in [-0.3, -0.25) is 4.79 Å². The maximum atomic E-state index is 11.3. The predicted molar refractivity (Wildman–Crippen MR) is 62.7 cm³/mol. The van der Waals surface area contributed by atoms with E-state index in [-0.39, 0.29) is 19.0 Å². The Kier molecular flexibility index (Phi) is 3.07. The third-order valence-electron chi connectivity index (χ3n) is 2.92. The van der Waals surface area contributed by atoms with E-state index in [0.717, 1.165) is 0 Å². The van der Waals surface area contributed by atoms with Crippen molar-refractivity contribution in [1.29, 1.82) is 0 Å². The highest BCUT2D eigenvalue weighted by molar-refractivity contribution is 6.02. The first-order valence-electron chi connectivity index (χ1n) is 5.67. The number of fused-ring (bicyclic) bond motifs is 1. The van der Waals surface area contributed by atoms with Gasteiger partial charge in [0.2, 0.25) is 5.78 Å². The van der Waals surface area contributed by atoms with Gasteiger partial charge in [0.25, 0.3) is 0 Å². The molecule has 1 unspecified atom stereocenters. The molecule has 0 saturated carbocycles. The summed E-state index contributed by atoms with van der Waals surface area (Å²) in [6, 6.07) is 5.10. The van der Waals surface area contributed by atoms with Crippen molar-refractivity contribution in [3.05, 3.63) is 23.8 Å². The quantitative estimate of drug-likeness (QED) is 0.866. The summed E-state index contributed by atoms with van der Waals surface area (Å²) in [5.41, 5.74) is -0.241. The summed E-state index contributed by atoms with van der Waals surface area (Å²) < 4.78 is 10.7. The molecule has 92 valence electrons. The highest BCUT2D eigenvalue weighted by atomic mass is 16.5. The van der Waals surface area contributed by atoms with Crippen molar-refractivity contribution in [2.24, 2.45) is 0 Å². The minimum Gasteiger partial charge on any atom is -0.490 e. The van der Waals surface area contributed by atoms with Crippen LogP contribution in [0.4, 0.5) is 0 Å². The fraction of sp³-hybridized carbons (Fsp3) is 0.462. The second-order valence-electron chi connectivity index (χ2n) is 4.51. The largest absolute Gasteiger partial charge is 0.490 e. The van der Waals surface area contributed by atoms with Crippen LogP contribution in [0.5, 0.6) is 11.5 Å². The van der Waals surface area contributed by atoms with E-state index in [1.807, 2.05) is 6.92 Å². The van der Waals surface area contributed by atoms with Crippen LogP contribution in [0.3, 0.4) is 0 Å². The summed E-state index contributed by atoms with van der Waals surface area (Å²) in [6.45, 7) is 3.94. The van der Waals surface area contributed by atoms with Crippen LogP contribution in [-0.2, 0) is 0 Å². The number of carbonyl (C=O) groups is 1. The number of carbonyl (C=O) groups excluding carboxylic acids is 1. The lowest BCUT2D eigenvalue weighted by Gasteiger charge is -2.21. The molecule has 1 aromatic carbocycles. The Bertz CT molecular complexity index is 437. The van der Waals surface area contributed by atoms with E-state index in [0.29, 0.717) is 23.5 Å². The fourth-order valence-electron chi connectivity index (χ4n) is 1.50. The summed E-state index contributed by atoms with van der Waals surface area (Å²) in [5.74, 6) is 1.16. The molecule has 0 aromatic heterocycles. The van der Waals surface area contributed by atoms with E-state index in [2.05, 4.69) is 0 Å². The molecule has 0 amide bonds. The lowest BCUT2D eigenvalue weighted by Crippen LogP contribution is -2.31. The molecule has 1 aliphatic rings. The van der Waals surface area contributed by atoms with Crippen molar-refractivity contribution < 1.29 is 19.4 Å². The predicted octanol–water partition coefficient (Wildman–Crippen LogP) is 1.80. The number of aliphatic hydroxyl groups is 1. The van der Waals surface area contributed by atoms with Crippen LogP contribution in [0.1, 0.15) is 30.6 Å². The second kappa shape index (κ2) is 4.37. The number of ketones is 1. The number of ether oxygens (including phenoxy) is 2. The van der Waals surface area contributed by atoms with Gasteiger partial charge in [0, 0.05) is 6.07 Å². The normalized spacial score (nSPS) is 17.2. The number of hydrogen-bond donors (Lipinski definition) is 1. The van der Waals surface area contributed by atoms with Crippen LogP contribution >= 0.6 is 0 Å². The Labute approximate surface area is 100 Å². The molecule has 1 atom stereocenters. The number of benzene rings is 1. The van der Waals surface area contributed by atoms with Crippen molar-refractivity contribution in [2.45, 2.75) is 25.9 Å². The first-order chi connectivity index (χ1) is 8.02.